The molecule has 2 aromatic carbocycles. The van der Waals surface area contributed by atoms with Gasteiger partial charge in [-0.1, -0.05) is 57.4 Å². The van der Waals surface area contributed by atoms with Crippen LogP contribution in [0.2, 0.25) is 5.02 Å². The number of benzene rings is 2. The molecule has 0 bridgehead atoms. The Bertz CT molecular complexity index is 625. The average Bonchev–Trinajstić information content (AvgIpc) is 2.42. The summed E-state index contributed by atoms with van der Waals surface area (Å²) in [6.45, 7) is 3.99. The molecule has 2 aromatic rings. The van der Waals surface area contributed by atoms with Crippen molar-refractivity contribution in [3.05, 3.63) is 68.7 Å². The summed E-state index contributed by atoms with van der Waals surface area (Å²) in [6.07, 6.45) is 0. The van der Waals surface area contributed by atoms with E-state index >= 15 is 0 Å². The number of rotatable bonds is 3. The van der Waals surface area contributed by atoms with E-state index < -0.39 is 0 Å². The Morgan fingerprint density at radius 1 is 1.20 bits per heavy atom. The van der Waals surface area contributed by atoms with Gasteiger partial charge >= 0.3 is 0 Å². The molecule has 0 saturated heterocycles. The van der Waals surface area contributed by atoms with Crippen LogP contribution in [0.4, 0.5) is 0 Å². The number of nitrogens with one attached hydrogen (secondary N) is 1. The SMILES string of the molecule is Cc1ccc(C(C)NC(=O)c2cc(Br)ccc2Cl)cc1. The Kier molecular flexibility index (Phi) is 4.84. The molecule has 2 nitrogen and oxygen atoms in total. The van der Waals surface area contributed by atoms with E-state index in [1.165, 1.54) is 5.56 Å². The van der Waals surface area contributed by atoms with Gasteiger partial charge in [-0.15, -0.1) is 0 Å². The molecule has 1 atom stereocenters. The Hall–Kier alpha value is -1.32. The molecule has 0 saturated carbocycles. The van der Waals surface area contributed by atoms with Crippen molar-refractivity contribution in [3.8, 4) is 0 Å². The van der Waals surface area contributed by atoms with E-state index in [0.717, 1.165) is 10.0 Å². The molecule has 0 aromatic heterocycles. The standard InChI is InChI=1S/C16H15BrClNO/c1-10-3-5-12(6-4-10)11(2)19-16(20)14-9-13(17)7-8-15(14)18/h3-9,11H,1-2H3,(H,19,20). The first-order chi connectivity index (χ1) is 9.47. The van der Waals surface area contributed by atoms with Gasteiger partial charge in [-0.2, -0.15) is 0 Å². The number of halogens is 2. The van der Waals surface area contributed by atoms with E-state index in [9.17, 15) is 4.79 Å². The fourth-order valence-corrected chi connectivity index (χ4v) is 2.45. The van der Waals surface area contributed by atoms with Crippen LogP contribution in [0.25, 0.3) is 0 Å². The third-order valence-corrected chi connectivity index (χ3v) is 3.92. The van der Waals surface area contributed by atoms with E-state index in [1.54, 1.807) is 12.1 Å². The largest absolute Gasteiger partial charge is 0.345 e. The summed E-state index contributed by atoms with van der Waals surface area (Å²) in [4.78, 5) is 12.3. The third-order valence-electron chi connectivity index (χ3n) is 3.10. The second-order valence-corrected chi connectivity index (χ2v) is 6.05. The second-order valence-electron chi connectivity index (χ2n) is 4.73. The van der Waals surface area contributed by atoms with Gasteiger partial charge in [-0.25, -0.2) is 0 Å². The highest BCUT2D eigenvalue weighted by atomic mass is 79.9. The van der Waals surface area contributed by atoms with Crippen molar-refractivity contribution in [3.63, 3.8) is 0 Å². The zero-order valence-corrected chi connectivity index (χ0v) is 13.6. The molecule has 0 radical (unpaired) electrons. The first kappa shape index (κ1) is 15.1. The van der Waals surface area contributed by atoms with Gasteiger partial charge < -0.3 is 5.32 Å². The van der Waals surface area contributed by atoms with Crippen molar-refractivity contribution in [2.75, 3.05) is 0 Å². The van der Waals surface area contributed by atoms with Crippen LogP contribution in [0.15, 0.2) is 46.9 Å². The smallest absolute Gasteiger partial charge is 0.253 e. The molecular formula is C16H15BrClNO. The lowest BCUT2D eigenvalue weighted by molar-refractivity contribution is 0.0940. The molecular weight excluding hydrogens is 338 g/mol. The number of aryl methyl sites for hydroxylation is 1. The predicted octanol–water partition coefficient (Wildman–Crippen LogP) is 4.90. The van der Waals surface area contributed by atoms with Crippen LogP contribution in [0.5, 0.6) is 0 Å². The van der Waals surface area contributed by atoms with Crippen LogP contribution in [0, 0.1) is 6.92 Å². The maximum atomic E-state index is 12.3. The van der Waals surface area contributed by atoms with Crippen molar-refractivity contribution in [1.82, 2.24) is 5.32 Å². The molecule has 0 heterocycles. The summed E-state index contributed by atoms with van der Waals surface area (Å²) < 4.78 is 0.829. The summed E-state index contributed by atoms with van der Waals surface area (Å²) in [5, 5.41) is 3.40. The fourth-order valence-electron chi connectivity index (χ4n) is 1.88. The molecule has 0 aliphatic rings. The third kappa shape index (κ3) is 3.62. The Labute approximate surface area is 132 Å². The highest BCUT2D eigenvalue weighted by Crippen LogP contribution is 2.22. The molecule has 2 rings (SSSR count). The fraction of sp³-hybridized carbons (Fsp3) is 0.188. The molecule has 1 N–H and O–H groups in total. The topological polar surface area (TPSA) is 29.1 Å². The molecule has 0 aliphatic heterocycles. The number of carbonyl (C=O) groups excluding carboxylic acids is 1. The van der Waals surface area contributed by atoms with Crippen LogP contribution in [-0.4, -0.2) is 5.91 Å². The van der Waals surface area contributed by atoms with Gasteiger partial charge in [0.2, 0.25) is 0 Å². The van der Waals surface area contributed by atoms with E-state index in [4.69, 9.17) is 11.6 Å². The van der Waals surface area contributed by atoms with Crippen molar-refractivity contribution < 1.29 is 4.79 Å². The molecule has 0 spiro atoms. The zero-order chi connectivity index (χ0) is 14.7. The van der Waals surface area contributed by atoms with Gasteiger partial charge in [0.15, 0.2) is 0 Å². The maximum Gasteiger partial charge on any atom is 0.253 e. The van der Waals surface area contributed by atoms with Crippen molar-refractivity contribution in [1.29, 1.82) is 0 Å². The van der Waals surface area contributed by atoms with Crippen molar-refractivity contribution in [2.24, 2.45) is 0 Å². The van der Waals surface area contributed by atoms with Gasteiger partial charge in [-0.3, -0.25) is 4.79 Å². The maximum absolute atomic E-state index is 12.3. The minimum absolute atomic E-state index is 0.0712. The van der Waals surface area contributed by atoms with Crippen LogP contribution in [0.3, 0.4) is 0 Å². The highest BCUT2D eigenvalue weighted by molar-refractivity contribution is 9.10. The molecule has 20 heavy (non-hydrogen) atoms. The quantitative estimate of drug-likeness (QED) is 0.836. The molecule has 0 fully saturated rings. The van der Waals surface area contributed by atoms with Crippen LogP contribution >= 0.6 is 27.5 Å². The number of hydrogen-bond acceptors (Lipinski definition) is 1. The number of amides is 1. The summed E-state index contributed by atoms with van der Waals surface area (Å²) in [5.41, 5.74) is 2.73. The number of hydrogen-bond donors (Lipinski definition) is 1. The first-order valence-corrected chi connectivity index (χ1v) is 7.47. The van der Waals surface area contributed by atoms with Crippen LogP contribution in [-0.2, 0) is 0 Å². The monoisotopic (exact) mass is 351 g/mol. The minimum atomic E-state index is -0.177. The van der Waals surface area contributed by atoms with E-state index in [0.29, 0.717) is 10.6 Å². The number of carbonyl (C=O) groups is 1. The van der Waals surface area contributed by atoms with Gasteiger partial charge in [0, 0.05) is 4.47 Å². The summed E-state index contributed by atoms with van der Waals surface area (Å²) in [5.74, 6) is -0.177. The lowest BCUT2D eigenvalue weighted by Gasteiger charge is -2.15. The Morgan fingerprint density at radius 2 is 1.85 bits per heavy atom. The van der Waals surface area contributed by atoms with Gasteiger partial charge in [-0.05, 0) is 37.6 Å². The summed E-state index contributed by atoms with van der Waals surface area (Å²) >= 11 is 9.40. The zero-order valence-electron chi connectivity index (χ0n) is 11.3. The average molecular weight is 353 g/mol. The summed E-state index contributed by atoms with van der Waals surface area (Å²) in [7, 11) is 0. The molecule has 1 unspecified atom stereocenters. The Balaban J connectivity index is 2.15. The normalized spacial score (nSPS) is 12.0. The van der Waals surface area contributed by atoms with Gasteiger partial charge in [0.1, 0.15) is 0 Å². The van der Waals surface area contributed by atoms with Crippen LogP contribution in [0.1, 0.15) is 34.5 Å². The lowest BCUT2D eigenvalue weighted by Crippen LogP contribution is -2.26. The van der Waals surface area contributed by atoms with Gasteiger partial charge in [0.25, 0.3) is 5.91 Å². The van der Waals surface area contributed by atoms with Gasteiger partial charge in [0.05, 0.1) is 16.6 Å². The lowest BCUT2D eigenvalue weighted by atomic mass is 10.1. The molecule has 0 aliphatic carbocycles. The molecule has 104 valence electrons. The van der Waals surface area contributed by atoms with Crippen molar-refractivity contribution in [2.45, 2.75) is 19.9 Å². The molecule has 4 heteroatoms. The van der Waals surface area contributed by atoms with Crippen LogP contribution < -0.4 is 5.32 Å². The highest BCUT2D eigenvalue weighted by Gasteiger charge is 2.14. The minimum Gasteiger partial charge on any atom is -0.345 e. The Morgan fingerprint density at radius 3 is 2.50 bits per heavy atom. The van der Waals surface area contributed by atoms with Crippen molar-refractivity contribution >= 4 is 33.4 Å². The van der Waals surface area contributed by atoms with E-state index in [-0.39, 0.29) is 11.9 Å². The van der Waals surface area contributed by atoms with E-state index in [1.807, 2.05) is 44.2 Å². The second kappa shape index (κ2) is 6.42. The summed E-state index contributed by atoms with van der Waals surface area (Å²) in [6, 6.07) is 13.3. The first-order valence-electron chi connectivity index (χ1n) is 6.30. The van der Waals surface area contributed by atoms with E-state index in [2.05, 4.69) is 21.2 Å². The predicted molar refractivity (Wildman–Crippen MR) is 86.2 cm³/mol. The molecule has 1 amide bonds.